The molecular weight excluding hydrogens is 348 g/mol. The number of hydrogen-bond donors (Lipinski definition) is 2. The number of aromatic nitrogens is 3. The van der Waals surface area contributed by atoms with Crippen LogP contribution in [0.1, 0.15) is 19.0 Å². The summed E-state index contributed by atoms with van der Waals surface area (Å²) < 4.78 is 1.87. The summed E-state index contributed by atoms with van der Waals surface area (Å²) in [6.45, 7) is 7.05. The minimum Gasteiger partial charge on any atom is -0.385 e. The monoisotopic (exact) mass is 376 g/mol. The Bertz CT molecular complexity index is 887. The van der Waals surface area contributed by atoms with Gasteiger partial charge >= 0.3 is 0 Å². The van der Waals surface area contributed by atoms with Crippen molar-refractivity contribution in [3.8, 4) is 0 Å². The van der Waals surface area contributed by atoms with Crippen molar-refractivity contribution in [2.24, 2.45) is 7.05 Å². The molecule has 0 spiro atoms. The summed E-state index contributed by atoms with van der Waals surface area (Å²) in [5, 5.41) is 13.9. The molecule has 2 N–H and O–H groups in total. The van der Waals surface area contributed by atoms with Crippen molar-refractivity contribution in [2.75, 3.05) is 44.4 Å². The summed E-state index contributed by atoms with van der Waals surface area (Å²) in [4.78, 5) is 7.05. The standard InChI is InChI=1S/C19H28N6.ClH/c1-6-20-14-8-9-16-15(12-14)18(21-10-7-11-24(3)4)17-13(2)23-25(5)19(17)22-16;/h8-9,12,20H,6-7,10-11H2,1-5H3,(H,21,22);1H. The van der Waals surface area contributed by atoms with E-state index in [1.54, 1.807) is 0 Å². The van der Waals surface area contributed by atoms with Crippen LogP contribution in [0.5, 0.6) is 0 Å². The number of hydrogen-bond acceptors (Lipinski definition) is 5. The van der Waals surface area contributed by atoms with Crippen molar-refractivity contribution in [3.05, 3.63) is 23.9 Å². The van der Waals surface area contributed by atoms with Gasteiger partial charge in [-0.15, -0.1) is 12.4 Å². The summed E-state index contributed by atoms with van der Waals surface area (Å²) >= 11 is 0. The Kier molecular flexibility index (Phi) is 6.67. The third-order valence-electron chi connectivity index (χ3n) is 4.40. The number of halogens is 1. The van der Waals surface area contributed by atoms with Gasteiger partial charge in [0.15, 0.2) is 5.65 Å². The highest BCUT2D eigenvalue weighted by atomic mass is 35.5. The normalized spacial score (nSPS) is 11.2. The van der Waals surface area contributed by atoms with Crippen LogP contribution in [0.2, 0.25) is 0 Å². The zero-order valence-corrected chi connectivity index (χ0v) is 17.1. The summed E-state index contributed by atoms with van der Waals surface area (Å²) in [7, 11) is 6.17. The van der Waals surface area contributed by atoms with Crippen LogP contribution < -0.4 is 10.6 Å². The van der Waals surface area contributed by atoms with Crippen LogP contribution in [-0.4, -0.2) is 53.4 Å². The Morgan fingerprint density at radius 2 is 1.96 bits per heavy atom. The molecule has 26 heavy (non-hydrogen) atoms. The molecule has 0 fully saturated rings. The Hall–Kier alpha value is -2.05. The molecule has 3 aromatic rings. The summed E-state index contributed by atoms with van der Waals surface area (Å²) in [5.74, 6) is 0. The number of pyridine rings is 1. The van der Waals surface area contributed by atoms with E-state index in [0.717, 1.165) is 65.1 Å². The number of aryl methyl sites for hydroxylation is 2. The van der Waals surface area contributed by atoms with Gasteiger partial charge in [0.2, 0.25) is 0 Å². The second-order valence-corrected chi connectivity index (χ2v) is 6.74. The van der Waals surface area contributed by atoms with Crippen molar-refractivity contribution in [1.29, 1.82) is 0 Å². The molecule has 0 amide bonds. The lowest BCUT2D eigenvalue weighted by Gasteiger charge is -2.14. The van der Waals surface area contributed by atoms with Crippen LogP contribution >= 0.6 is 12.4 Å². The maximum Gasteiger partial charge on any atom is 0.160 e. The quantitative estimate of drug-likeness (QED) is 0.616. The second kappa shape index (κ2) is 8.56. The summed E-state index contributed by atoms with van der Waals surface area (Å²) in [6, 6.07) is 6.36. The predicted molar refractivity (Wildman–Crippen MR) is 114 cm³/mol. The van der Waals surface area contributed by atoms with Gasteiger partial charge in [-0.25, -0.2) is 4.98 Å². The largest absolute Gasteiger partial charge is 0.385 e. The number of fused-ring (bicyclic) bond motifs is 2. The molecule has 7 heteroatoms. The Labute approximate surface area is 161 Å². The minimum absolute atomic E-state index is 0. The molecule has 2 aromatic heterocycles. The highest BCUT2D eigenvalue weighted by Crippen LogP contribution is 2.34. The molecule has 0 radical (unpaired) electrons. The number of anilines is 2. The maximum atomic E-state index is 4.84. The van der Waals surface area contributed by atoms with Gasteiger partial charge in [0.05, 0.1) is 22.3 Å². The summed E-state index contributed by atoms with van der Waals surface area (Å²) in [5.41, 5.74) is 5.19. The van der Waals surface area contributed by atoms with Gasteiger partial charge in [-0.2, -0.15) is 5.10 Å². The van der Waals surface area contributed by atoms with Gasteiger partial charge < -0.3 is 15.5 Å². The zero-order chi connectivity index (χ0) is 18.0. The SMILES string of the molecule is CCNc1ccc2nc3c(c(C)nn3C)c(NCCCN(C)C)c2c1.Cl. The van der Waals surface area contributed by atoms with E-state index in [1.807, 2.05) is 11.7 Å². The average molecular weight is 377 g/mol. The van der Waals surface area contributed by atoms with E-state index >= 15 is 0 Å². The molecule has 0 unspecified atom stereocenters. The molecular formula is C19H29ClN6. The van der Waals surface area contributed by atoms with Crippen LogP contribution in [0, 0.1) is 6.92 Å². The number of nitrogens with zero attached hydrogens (tertiary/aromatic N) is 4. The maximum absolute atomic E-state index is 4.84. The van der Waals surface area contributed by atoms with Gasteiger partial charge in [-0.3, -0.25) is 4.68 Å². The van der Waals surface area contributed by atoms with E-state index in [-0.39, 0.29) is 12.4 Å². The first kappa shape index (κ1) is 20.3. The topological polar surface area (TPSA) is 58.0 Å². The lowest BCUT2D eigenvalue weighted by molar-refractivity contribution is 0.405. The molecule has 1 aromatic carbocycles. The first-order valence-electron chi connectivity index (χ1n) is 8.90. The fourth-order valence-electron chi connectivity index (χ4n) is 3.26. The van der Waals surface area contributed by atoms with Gasteiger partial charge in [0, 0.05) is 31.2 Å². The fourth-order valence-corrected chi connectivity index (χ4v) is 3.26. The van der Waals surface area contributed by atoms with Crippen LogP contribution in [0.15, 0.2) is 18.2 Å². The number of benzene rings is 1. The molecule has 0 saturated heterocycles. The van der Waals surface area contributed by atoms with Gasteiger partial charge in [-0.1, -0.05) is 0 Å². The molecule has 0 bridgehead atoms. The number of rotatable bonds is 7. The lowest BCUT2D eigenvalue weighted by Crippen LogP contribution is -2.16. The van der Waals surface area contributed by atoms with E-state index in [0.29, 0.717) is 0 Å². The molecule has 0 aliphatic rings. The average Bonchev–Trinajstić information content (AvgIpc) is 2.85. The highest BCUT2D eigenvalue weighted by Gasteiger charge is 2.15. The number of nitrogens with one attached hydrogen (secondary N) is 2. The Balaban J connectivity index is 0.00000243. The lowest BCUT2D eigenvalue weighted by atomic mass is 10.1. The van der Waals surface area contributed by atoms with Crippen molar-refractivity contribution >= 4 is 45.7 Å². The van der Waals surface area contributed by atoms with E-state index < -0.39 is 0 Å². The molecule has 142 valence electrons. The molecule has 2 heterocycles. The minimum atomic E-state index is 0. The fraction of sp³-hybridized carbons (Fsp3) is 0.474. The molecule has 0 aliphatic heterocycles. The van der Waals surface area contributed by atoms with Crippen LogP contribution in [0.4, 0.5) is 11.4 Å². The highest BCUT2D eigenvalue weighted by molar-refractivity contribution is 6.08. The molecule has 0 atom stereocenters. The van der Waals surface area contributed by atoms with E-state index in [9.17, 15) is 0 Å². The Morgan fingerprint density at radius 3 is 2.65 bits per heavy atom. The molecule has 6 nitrogen and oxygen atoms in total. The Morgan fingerprint density at radius 1 is 1.19 bits per heavy atom. The van der Waals surface area contributed by atoms with Crippen molar-refractivity contribution in [3.63, 3.8) is 0 Å². The predicted octanol–water partition coefficient (Wildman–Crippen LogP) is 3.65. The van der Waals surface area contributed by atoms with Gasteiger partial charge in [0.25, 0.3) is 0 Å². The molecule has 0 saturated carbocycles. The zero-order valence-electron chi connectivity index (χ0n) is 16.3. The summed E-state index contributed by atoms with van der Waals surface area (Å²) in [6.07, 6.45) is 1.09. The first-order chi connectivity index (χ1) is 12.0. The van der Waals surface area contributed by atoms with Crippen molar-refractivity contribution in [1.82, 2.24) is 19.7 Å². The van der Waals surface area contributed by atoms with Crippen LogP contribution in [0.3, 0.4) is 0 Å². The van der Waals surface area contributed by atoms with Crippen molar-refractivity contribution in [2.45, 2.75) is 20.3 Å². The molecule has 3 rings (SSSR count). The van der Waals surface area contributed by atoms with E-state index in [1.165, 1.54) is 0 Å². The van der Waals surface area contributed by atoms with Crippen molar-refractivity contribution < 1.29 is 0 Å². The van der Waals surface area contributed by atoms with E-state index in [2.05, 4.69) is 66.8 Å². The third kappa shape index (κ3) is 4.02. The third-order valence-corrected chi connectivity index (χ3v) is 4.40. The van der Waals surface area contributed by atoms with Crippen LogP contribution in [-0.2, 0) is 7.05 Å². The van der Waals surface area contributed by atoms with E-state index in [4.69, 9.17) is 4.98 Å². The smallest absolute Gasteiger partial charge is 0.160 e. The first-order valence-corrected chi connectivity index (χ1v) is 8.90. The van der Waals surface area contributed by atoms with Gasteiger partial charge in [-0.05, 0) is 59.1 Å². The van der Waals surface area contributed by atoms with Gasteiger partial charge in [0.1, 0.15) is 0 Å². The molecule has 0 aliphatic carbocycles. The van der Waals surface area contributed by atoms with Crippen LogP contribution in [0.25, 0.3) is 21.9 Å². The second-order valence-electron chi connectivity index (χ2n) is 6.74.